The SMILES string of the molecule is CC(C)OC(=O)ON1CCC(Oc2ncnc(Nc3ccc(NCCN4CCCC4)cc3F)c2C#N)CC1. The highest BCUT2D eigenvalue weighted by atomic mass is 19.1. The van der Waals surface area contributed by atoms with Crippen molar-refractivity contribution in [3.8, 4) is 11.9 Å². The Labute approximate surface area is 221 Å². The molecule has 38 heavy (non-hydrogen) atoms. The van der Waals surface area contributed by atoms with Crippen LogP contribution in [0.2, 0.25) is 0 Å². The quantitative estimate of drug-likeness (QED) is 0.435. The van der Waals surface area contributed by atoms with Crippen LogP contribution in [0.1, 0.15) is 45.1 Å². The van der Waals surface area contributed by atoms with Gasteiger partial charge >= 0.3 is 6.16 Å². The van der Waals surface area contributed by atoms with Crippen molar-refractivity contribution < 1.29 is 23.5 Å². The van der Waals surface area contributed by atoms with Gasteiger partial charge in [-0.15, -0.1) is 5.06 Å². The molecule has 3 heterocycles. The second-order valence-electron chi connectivity index (χ2n) is 9.56. The molecule has 0 spiro atoms. The van der Waals surface area contributed by atoms with E-state index < -0.39 is 12.0 Å². The van der Waals surface area contributed by atoms with Crippen LogP contribution in [0.5, 0.6) is 5.88 Å². The Bertz CT molecular complexity index is 1130. The number of rotatable bonds is 10. The molecule has 0 atom stereocenters. The molecule has 0 aliphatic carbocycles. The zero-order valence-corrected chi connectivity index (χ0v) is 21.8. The summed E-state index contributed by atoms with van der Waals surface area (Å²) in [6.07, 6.45) is 3.59. The summed E-state index contributed by atoms with van der Waals surface area (Å²) in [5.41, 5.74) is 0.959. The van der Waals surface area contributed by atoms with Crippen molar-refractivity contribution in [1.82, 2.24) is 19.9 Å². The van der Waals surface area contributed by atoms with E-state index >= 15 is 0 Å². The predicted octanol–water partition coefficient (Wildman–Crippen LogP) is 4.06. The summed E-state index contributed by atoms with van der Waals surface area (Å²) in [6.45, 7) is 8.28. The summed E-state index contributed by atoms with van der Waals surface area (Å²) < 4.78 is 25.8. The van der Waals surface area contributed by atoms with Gasteiger partial charge < -0.3 is 29.8 Å². The van der Waals surface area contributed by atoms with Crippen molar-refractivity contribution in [2.75, 3.05) is 49.9 Å². The molecule has 12 heteroatoms. The minimum absolute atomic E-state index is 0.0823. The summed E-state index contributed by atoms with van der Waals surface area (Å²) >= 11 is 0. The zero-order valence-electron chi connectivity index (χ0n) is 21.8. The number of hydroxylamine groups is 2. The number of anilines is 3. The van der Waals surface area contributed by atoms with E-state index in [-0.39, 0.29) is 35.2 Å². The number of carbonyl (C=O) groups excluding carboxylic acids is 1. The highest BCUT2D eigenvalue weighted by Gasteiger charge is 2.26. The lowest BCUT2D eigenvalue weighted by Crippen LogP contribution is -2.40. The summed E-state index contributed by atoms with van der Waals surface area (Å²) in [4.78, 5) is 27.5. The van der Waals surface area contributed by atoms with Crippen LogP contribution >= 0.6 is 0 Å². The number of hydrogen-bond donors (Lipinski definition) is 2. The molecule has 0 amide bonds. The minimum Gasteiger partial charge on any atom is -0.473 e. The van der Waals surface area contributed by atoms with Gasteiger partial charge in [0.05, 0.1) is 11.8 Å². The highest BCUT2D eigenvalue weighted by Crippen LogP contribution is 2.28. The Balaban J connectivity index is 1.32. The second kappa shape index (κ2) is 13.2. The van der Waals surface area contributed by atoms with Crippen molar-refractivity contribution in [1.29, 1.82) is 5.26 Å². The van der Waals surface area contributed by atoms with Gasteiger partial charge in [0.25, 0.3) is 0 Å². The van der Waals surface area contributed by atoms with E-state index in [4.69, 9.17) is 14.3 Å². The van der Waals surface area contributed by atoms with Crippen LogP contribution in [0, 0.1) is 17.1 Å². The lowest BCUT2D eigenvalue weighted by Gasteiger charge is -2.30. The molecule has 11 nitrogen and oxygen atoms in total. The number of nitrogens with one attached hydrogen (secondary N) is 2. The van der Waals surface area contributed by atoms with Gasteiger partial charge in [-0.1, -0.05) is 0 Å². The normalized spacial score (nSPS) is 16.7. The van der Waals surface area contributed by atoms with Gasteiger partial charge in [0.2, 0.25) is 5.88 Å². The fraction of sp³-hybridized carbons (Fsp3) is 0.538. The van der Waals surface area contributed by atoms with Gasteiger partial charge in [-0.3, -0.25) is 0 Å². The second-order valence-corrected chi connectivity index (χ2v) is 9.56. The van der Waals surface area contributed by atoms with Gasteiger partial charge in [-0.2, -0.15) is 5.26 Å². The van der Waals surface area contributed by atoms with E-state index in [1.807, 2.05) is 0 Å². The molecule has 2 fully saturated rings. The monoisotopic (exact) mass is 527 g/mol. The number of likely N-dealkylation sites (tertiary alicyclic amines) is 1. The zero-order chi connectivity index (χ0) is 26.9. The van der Waals surface area contributed by atoms with Crippen LogP contribution in [0.4, 0.5) is 26.4 Å². The van der Waals surface area contributed by atoms with Gasteiger partial charge in [0.1, 0.15) is 24.3 Å². The van der Waals surface area contributed by atoms with Crippen molar-refractivity contribution in [3.05, 3.63) is 35.9 Å². The average molecular weight is 528 g/mol. The van der Waals surface area contributed by atoms with E-state index in [0.717, 1.165) is 26.2 Å². The molecule has 4 rings (SSSR count). The Morgan fingerprint density at radius 3 is 2.66 bits per heavy atom. The molecule has 0 saturated carbocycles. The third-order valence-corrected chi connectivity index (χ3v) is 6.32. The number of benzene rings is 1. The Kier molecular flexibility index (Phi) is 9.51. The highest BCUT2D eigenvalue weighted by molar-refractivity contribution is 5.67. The summed E-state index contributed by atoms with van der Waals surface area (Å²) in [6, 6.07) is 6.88. The maximum absolute atomic E-state index is 14.8. The number of nitrogens with zero attached hydrogens (tertiary/aromatic N) is 5. The molecule has 0 radical (unpaired) electrons. The summed E-state index contributed by atoms with van der Waals surface area (Å²) in [5.74, 6) is -0.197. The molecule has 2 aromatic rings. The standard InChI is InChI=1S/C26H34FN7O4/c1-18(2)36-26(35)38-34-12-7-20(8-13-34)37-25-21(16-28)24(30-17-31-25)32-23-6-5-19(15-22(23)27)29-9-14-33-10-3-4-11-33/h5-6,15,17-18,20,29H,3-4,7-14H2,1-2H3,(H,30,31,32). The molecule has 0 unspecified atom stereocenters. The molecule has 0 bridgehead atoms. The van der Waals surface area contributed by atoms with Crippen LogP contribution in [0.3, 0.4) is 0 Å². The van der Waals surface area contributed by atoms with Gasteiger partial charge in [0.15, 0.2) is 11.4 Å². The van der Waals surface area contributed by atoms with E-state index in [1.165, 1.54) is 30.3 Å². The van der Waals surface area contributed by atoms with Gasteiger partial charge in [-0.05, 0) is 58.0 Å². The number of aromatic nitrogens is 2. The molecule has 2 N–H and O–H groups in total. The van der Waals surface area contributed by atoms with E-state index in [1.54, 1.807) is 26.0 Å². The number of nitriles is 1. The van der Waals surface area contributed by atoms with Crippen LogP contribution in [-0.2, 0) is 9.57 Å². The van der Waals surface area contributed by atoms with Crippen LogP contribution < -0.4 is 15.4 Å². The van der Waals surface area contributed by atoms with Crippen molar-refractivity contribution in [3.63, 3.8) is 0 Å². The van der Waals surface area contributed by atoms with Crippen molar-refractivity contribution >= 4 is 23.3 Å². The lowest BCUT2D eigenvalue weighted by atomic mass is 10.1. The number of piperidine rings is 1. The molecular formula is C26H34FN7O4. The molecule has 2 saturated heterocycles. The summed E-state index contributed by atoms with van der Waals surface area (Å²) in [7, 11) is 0. The first kappa shape index (κ1) is 27.3. The van der Waals surface area contributed by atoms with Crippen molar-refractivity contribution in [2.45, 2.75) is 51.7 Å². The molecule has 204 valence electrons. The first-order valence-corrected chi connectivity index (χ1v) is 13.0. The van der Waals surface area contributed by atoms with Gasteiger partial charge in [-0.25, -0.2) is 19.2 Å². The first-order chi connectivity index (χ1) is 18.4. The number of carbonyl (C=O) groups is 1. The first-order valence-electron chi connectivity index (χ1n) is 13.0. The van der Waals surface area contributed by atoms with Crippen LogP contribution in [0.25, 0.3) is 0 Å². The Morgan fingerprint density at radius 1 is 1.21 bits per heavy atom. The fourth-order valence-electron chi connectivity index (χ4n) is 4.39. The van der Waals surface area contributed by atoms with E-state index in [2.05, 4.69) is 31.6 Å². The third kappa shape index (κ3) is 7.66. The molecule has 2 aliphatic rings. The van der Waals surface area contributed by atoms with E-state index in [9.17, 15) is 14.4 Å². The predicted molar refractivity (Wildman–Crippen MR) is 139 cm³/mol. The maximum Gasteiger partial charge on any atom is 0.528 e. The molecular weight excluding hydrogens is 493 g/mol. The van der Waals surface area contributed by atoms with Crippen LogP contribution in [0.15, 0.2) is 24.5 Å². The smallest absolute Gasteiger partial charge is 0.473 e. The lowest BCUT2D eigenvalue weighted by molar-refractivity contribution is -0.151. The maximum atomic E-state index is 14.8. The average Bonchev–Trinajstić information content (AvgIpc) is 3.40. The Hall–Kier alpha value is -3.69. The summed E-state index contributed by atoms with van der Waals surface area (Å²) in [5, 5.41) is 17.5. The fourth-order valence-corrected chi connectivity index (χ4v) is 4.39. The molecule has 2 aliphatic heterocycles. The number of halogens is 1. The van der Waals surface area contributed by atoms with Crippen molar-refractivity contribution in [2.24, 2.45) is 0 Å². The Morgan fingerprint density at radius 2 is 1.97 bits per heavy atom. The largest absolute Gasteiger partial charge is 0.528 e. The molecule has 1 aromatic carbocycles. The number of ether oxygens (including phenoxy) is 2. The van der Waals surface area contributed by atoms with Gasteiger partial charge in [0, 0.05) is 44.7 Å². The number of hydrogen-bond acceptors (Lipinski definition) is 11. The minimum atomic E-state index is -0.740. The topological polar surface area (TPSA) is 125 Å². The van der Waals surface area contributed by atoms with E-state index in [0.29, 0.717) is 31.6 Å². The molecule has 1 aromatic heterocycles. The van der Waals surface area contributed by atoms with Crippen LogP contribution in [-0.4, -0.2) is 77.6 Å². The third-order valence-electron chi connectivity index (χ3n) is 6.32.